The van der Waals surface area contributed by atoms with Gasteiger partial charge >= 0.3 is 0 Å². The lowest BCUT2D eigenvalue weighted by molar-refractivity contribution is -0.124. The van der Waals surface area contributed by atoms with Crippen LogP contribution < -0.4 is 10.2 Å². The topological polar surface area (TPSA) is 65.5 Å². The number of thiocarbonyl (C=S) groups is 1. The van der Waals surface area contributed by atoms with E-state index in [1.165, 1.54) is 4.90 Å². The summed E-state index contributed by atoms with van der Waals surface area (Å²) in [4.78, 5) is 33.6. The van der Waals surface area contributed by atoms with Gasteiger partial charge in [-0.15, -0.1) is 0 Å². The van der Waals surface area contributed by atoms with Crippen molar-refractivity contribution in [1.82, 2.24) is 9.88 Å². The van der Waals surface area contributed by atoms with Crippen LogP contribution in [0.5, 0.6) is 0 Å². The molecule has 1 saturated heterocycles. The van der Waals surface area contributed by atoms with E-state index in [-0.39, 0.29) is 18.2 Å². The molecule has 3 aromatic rings. The molecule has 8 heteroatoms. The van der Waals surface area contributed by atoms with E-state index < -0.39 is 6.04 Å². The molecular formula is C23H19ClN4O2S. The highest BCUT2D eigenvalue weighted by Crippen LogP contribution is 2.29. The third-order valence-corrected chi connectivity index (χ3v) is 5.57. The molecule has 0 saturated carbocycles. The van der Waals surface area contributed by atoms with E-state index in [1.807, 2.05) is 36.4 Å². The summed E-state index contributed by atoms with van der Waals surface area (Å²) in [6, 6.07) is 20.8. The van der Waals surface area contributed by atoms with E-state index in [0.29, 0.717) is 28.1 Å². The standard InChI is InChI=1S/C23H19ClN4O2S/c24-16-9-11-19(12-10-16)28-22(30)20(14-21(29)26-17-6-2-1-3-7-17)27(23(28)31)15-18-8-4-5-13-25-18/h1-13,20H,14-15H2,(H,26,29). The number of hydrogen-bond acceptors (Lipinski definition) is 4. The van der Waals surface area contributed by atoms with Crippen molar-refractivity contribution in [2.45, 2.75) is 19.0 Å². The summed E-state index contributed by atoms with van der Waals surface area (Å²) < 4.78 is 0. The summed E-state index contributed by atoms with van der Waals surface area (Å²) >= 11 is 11.6. The number of amides is 2. The summed E-state index contributed by atoms with van der Waals surface area (Å²) in [5, 5.41) is 3.73. The molecule has 0 aliphatic carbocycles. The second kappa shape index (κ2) is 9.24. The number of para-hydroxylation sites is 1. The van der Waals surface area contributed by atoms with E-state index in [2.05, 4.69) is 10.3 Å². The molecule has 2 aromatic carbocycles. The number of benzene rings is 2. The van der Waals surface area contributed by atoms with Crippen molar-refractivity contribution in [1.29, 1.82) is 0 Å². The highest BCUT2D eigenvalue weighted by atomic mass is 35.5. The first-order valence-corrected chi connectivity index (χ1v) is 10.5. The van der Waals surface area contributed by atoms with Gasteiger partial charge in [-0.25, -0.2) is 0 Å². The van der Waals surface area contributed by atoms with Crippen molar-refractivity contribution in [3.8, 4) is 0 Å². The maximum Gasteiger partial charge on any atom is 0.256 e. The van der Waals surface area contributed by atoms with Crippen LogP contribution in [0.2, 0.25) is 5.02 Å². The van der Waals surface area contributed by atoms with E-state index in [9.17, 15) is 9.59 Å². The van der Waals surface area contributed by atoms with Crippen molar-refractivity contribution in [2.24, 2.45) is 0 Å². The first-order valence-electron chi connectivity index (χ1n) is 9.68. The highest BCUT2D eigenvalue weighted by molar-refractivity contribution is 7.80. The average molecular weight is 451 g/mol. The number of pyridine rings is 1. The Kier molecular flexibility index (Phi) is 6.25. The molecule has 1 atom stereocenters. The molecule has 6 nitrogen and oxygen atoms in total. The molecule has 2 heterocycles. The SMILES string of the molecule is O=C(CC1C(=O)N(c2ccc(Cl)cc2)C(=S)N1Cc1ccccn1)Nc1ccccc1. The fourth-order valence-corrected chi connectivity index (χ4v) is 3.93. The quantitative estimate of drug-likeness (QED) is 0.568. The second-order valence-corrected chi connectivity index (χ2v) is 7.82. The third kappa shape index (κ3) is 4.73. The van der Waals surface area contributed by atoms with Crippen LogP contribution in [0, 0.1) is 0 Å². The van der Waals surface area contributed by atoms with Gasteiger partial charge in [0.15, 0.2) is 5.11 Å². The lowest BCUT2D eigenvalue weighted by Gasteiger charge is -2.23. The molecule has 1 N–H and O–H groups in total. The second-order valence-electron chi connectivity index (χ2n) is 7.02. The Morgan fingerprint density at radius 1 is 1.03 bits per heavy atom. The van der Waals surface area contributed by atoms with Gasteiger partial charge < -0.3 is 10.2 Å². The third-order valence-electron chi connectivity index (χ3n) is 4.90. The molecule has 1 unspecified atom stereocenters. The molecule has 1 aromatic heterocycles. The summed E-state index contributed by atoms with van der Waals surface area (Å²) in [5.74, 6) is -0.525. The summed E-state index contributed by atoms with van der Waals surface area (Å²) in [6.45, 7) is 0.318. The molecule has 0 radical (unpaired) electrons. The average Bonchev–Trinajstić information content (AvgIpc) is 3.00. The first kappa shape index (κ1) is 21.0. The molecule has 1 aliphatic heterocycles. The van der Waals surface area contributed by atoms with E-state index in [1.54, 1.807) is 47.5 Å². The van der Waals surface area contributed by atoms with Gasteiger partial charge in [-0.1, -0.05) is 35.9 Å². The lowest BCUT2D eigenvalue weighted by Crippen LogP contribution is -2.37. The molecule has 1 fully saturated rings. The van der Waals surface area contributed by atoms with Crippen LogP contribution in [0.4, 0.5) is 11.4 Å². The number of rotatable bonds is 6. The van der Waals surface area contributed by atoms with Gasteiger partial charge in [-0.05, 0) is 60.7 Å². The van der Waals surface area contributed by atoms with E-state index in [4.69, 9.17) is 23.8 Å². The summed E-state index contributed by atoms with van der Waals surface area (Å²) in [5.41, 5.74) is 2.03. The Hall–Kier alpha value is -3.29. The molecule has 0 bridgehead atoms. The number of carbonyl (C=O) groups is 2. The largest absolute Gasteiger partial charge is 0.330 e. The Labute approximate surface area is 190 Å². The van der Waals surface area contributed by atoms with Crippen molar-refractivity contribution in [3.63, 3.8) is 0 Å². The maximum atomic E-state index is 13.4. The molecule has 1 aliphatic rings. The normalized spacial score (nSPS) is 16.0. The number of halogens is 1. The predicted octanol–water partition coefficient (Wildman–Crippen LogP) is 4.27. The number of nitrogens with one attached hydrogen (secondary N) is 1. The van der Waals surface area contributed by atoms with Crippen molar-refractivity contribution >= 4 is 52.1 Å². The van der Waals surface area contributed by atoms with Gasteiger partial charge in [0.25, 0.3) is 5.91 Å². The van der Waals surface area contributed by atoms with Crippen molar-refractivity contribution < 1.29 is 9.59 Å². The number of aromatic nitrogens is 1. The fourth-order valence-electron chi connectivity index (χ4n) is 3.42. The van der Waals surface area contributed by atoms with Crippen LogP contribution in [0.1, 0.15) is 12.1 Å². The number of nitrogens with zero attached hydrogens (tertiary/aromatic N) is 3. The minimum Gasteiger partial charge on any atom is -0.330 e. The van der Waals surface area contributed by atoms with Gasteiger partial charge in [0.2, 0.25) is 5.91 Å². The lowest BCUT2D eigenvalue weighted by atomic mass is 10.1. The molecule has 0 spiro atoms. The maximum absolute atomic E-state index is 13.4. The van der Waals surface area contributed by atoms with Gasteiger partial charge in [0, 0.05) is 16.9 Å². The van der Waals surface area contributed by atoms with Crippen LogP contribution in [0.25, 0.3) is 0 Å². The Morgan fingerprint density at radius 3 is 2.42 bits per heavy atom. The minimum atomic E-state index is -0.742. The molecule has 31 heavy (non-hydrogen) atoms. The van der Waals surface area contributed by atoms with Crippen LogP contribution in [-0.4, -0.2) is 32.9 Å². The molecular weight excluding hydrogens is 432 g/mol. The Balaban J connectivity index is 1.60. The van der Waals surface area contributed by atoms with Crippen LogP contribution >= 0.6 is 23.8 Å². The minimum absolute atomic E-state index is 0.0369. The van der Waals surface area contributed by atoms with Gasteiger partial charge in [-0.2, -0.15) is 0 Å². The number of hydrogen-bond donors (Lipinski definition) is 1. The fraction of sp³-hybridized carbons (Fsp3) is 0.130. The monoisotopic (exact) mass is 450 g/mol. The van der Waals surface area contributed by atoms with Crippen molar-refractivity contribution in [2.75, 3.05) is 10.2 Å². The number of anilines is 2. The molecule has 4 rings (SSSR count). The van der Waals surface area contributed by atoms with Crippen LogP contribution in [-0.2, 0) is 16.1 Å². The van der Waals surface area contributed by atoms with Crippen LogP contribution in [0.3, 0.4) is 0 Å². The molecule has 156 valence electrons. The predicted molar refractivity (Wildman–Crippen MR) is 125 cm³/mol. The van der Waals surface area contributed by atoms with Crippen LogP contribution in [0.15, 0.2) is 79.0 Å². The summed E-state index contributed by atoms with van der Waals surface area (Å²) in [7, 11) is 0. The van der Waals surface area contributed by atoms with Gasteiger partial charge in [-0.3, -0.25) is 19.5 Å². The first-order chi connectivity index (χ1) is 15.0. The van der Waals surface area contributed by atoms with E-state index in [0.717, 1.165) is 5.69 Å². The zero-order valence-corrected chi connectivity index (χ0v) is 18.0. The summed E-state index contributed by atoms with van der Waals surface area (Å²) in [6.07, 6.45) is 1.65. The zero-order chi connectivity index (χ0) is 21.8. The number of carbonyl (C=O) groups excluding carboxylic acids is 2. The van der Waals surface area contributed by atoms with Crippen molar-refractivity contribution in [3.05, 3.63) is 89.7 Å². The molecule has 2 amide bonds. The zero-order valence-electron chi connectivity index (χ0n) is 16.4. The van der Waals surface area contributed by atoms with E-state index >= 15 is 0 Å². The highest BCUT2D eigenvalue weighted by Gasteiger charge is 2.44. The Bertz CT molecular complexity index is 1090. The van der Waals surface area contributed by atoms with Gasteiger partial charge in [0.1, 0.15) is 6.04 Å². The smallest absolute Gasteiger partial charge is 0.256 e. The Morgan fingerprint density at radius 2 is 1.74 bits per heavy atom. The van der Waals surface area contributed by atoms with Gasteiger partial charge in [0.05, 0.1) is 24.3 Å².